The number of nitrogens with zero attached hydrogens (tertiary/aromatic N) is 2. The van der Waals surface area contributed by atoms with Gasteiger partial charge in [0.15, 0.2) is 5.17 Å². The Bertz CT molecular complexity index is 934. The molecule has 1 fully saturated rings. The SMILES string of the molecule is Cc1ccccc1N1C(=O)C2CNNC2N=C1SCC(=O)NCc1ccccc1. The first-order valence-corrected chi connectivity index (χ1v) is 10.5. The van der Waals surface area contributed by atoms with Crippen LogP contribution in [0.3, 0.4) is 0 Å². The van der Waals surface area contributed by atoms with Crippen molar-refractivity contribution in [2.75, 3.05) is 17.2 Å². The van der Waals surface area contributed by atoms with Crippen molar-refractivity contribution in [2.45, 2.75) is 19.6 Å². The molecule has 0 aliphatic carbocycles. The molecular weight excluding hydrogens is 386 g/mol. The number of hydrazine groups is 1. The highest BCUT2D eigenvalue weighted by Gasteiger charge is 2.42. The van der Waals surface area contributed by atoms with E-state index >= 15 is 0 Å². The Labute approximate surface area is 173 Å². The van der Waals surface area contributed by atoms with E-state index in [2.05, 4.69) is 16.2 Å². The number of amides is 2. The molecule has 7 nitrogen and oxygen atoms in total. The highest BCUT2D eigenvalue weighted by molar-refractivity contribution is 8.14. The molecule has 29 heavy (non-hydrogen) atoms. The molecule has 2 aliphatic rings. The highest BCUT2D eigenvalue weighted by atomic mass is 32.2. The monoisotopic (exact) mass is 409 g/mol. The van der Waals surface area contributed by atoms with Gasteiger partial charge in [-0.1, -0.05) is 60.3 Å². The van der Waals surface area contributed by atoms with Gasteiger partial charge in [-0.2, -0.15) is 0 Å². The number of hydrogen-bond donors (Lipinski definition) is 3. The number of nitrogens with one attached hydrogen (secondary N) is 3. The smallest absolute Gasteiger partial charge is 0.241 e. The first kappa shape index (κ1) is 19.6. The predicted octanol–water partition coefficient (Wildman–Crippen LogP) is 1.80. The molecule has 0 bridgehead atoms. The van der Waals surface area contributed by atoms with Crippen molar-refractivity contribution in [3.05, 3.63) is 65.7 Å². The normalized spacial score (nSPS) is 20.9. The summed E-state index contributed by atoms with van der Waals surface area (Å²) in [6.07, 6.45) is -0.308. The molecule has 150 valence electrons. The van der Waals surface area contributed by atoms with Crippen LogP contribution in [0.2, 0.25) is 0 Å². The average Bonchev–Trinajstić information content (AvgIpc) is 3.21. The molecule has 2 unspecified atom stereocenters. The van der Waals surface area contributed by atoms with Gasteiger partial charge >= 0.3 is 0 Å². The summed E-state index contributed by atoms with van der Waals surface area (Å²) >= 11 is 1.28. The van der Waals surface area contributed by atoms with Crippen LogP contribution in [0.5, 0.6) is 0 Å². The fourth-order valence-corrected chi connectivity index (χ4v) is 4.25. The maximum Gasteiger partial charge on any atom is 0.241 e. The van der Waals surface area contributed by atoms with Gasteiger partial charge in [-0.25, -0.2) is 10.4 Å². The van der Waals surface area contributed by atoms with Crippen LogP contribution in [0.4, 0.5) is 5.69 Å². The molecule has 2 aromatic rings. The summed E-state index contributed by atoms with van der Waals surface area (Å²) in [7, 11) is 0. The first-order valence-electron chi connectivity index (χ1n) is 9.52. The summed E-state index contributed by atoms with van der Waals surface area (Å²) in [5, 5.41) is 3.45. The largest absolute Gasteiger partial charge is 0.351 e. The van der Waals surface area contributed by atoms with E-state index < -0.39 is 0 Å². The Balaban J connectivity index is 1.48. The minimum absolute atomic E-state index is 0.0102. The number of fused-ring (bicyclic) bond motifs is 1. The topological polar surface area (TPSA) is 85.8 Å². The molecule has 2 heterocycles. The molecule has 2 aliphatic heterocycles. The zero-order valence-corrected chi connectivity index (χ0v) is 16.9. The Hall–Kier alpha value is -2.68. The van der Waals surface area contributed by atoms with Gasteiger partial charge in [-0.15, -0.1) is 0 Å². The van der Waals surface area contributed by atoms with Gasteiger partial charge in [0.2, 0.25) is 11.8 Å². The maximum atomic E-state index is 13.2. The summed E-state index contributed by atoms with van der Waals surface area (Å²) in [6, 6.07) is 17.5. The zero-order valence-electron chi connectivity index (χ0n) is 16.1. The van der Waals surface area contributed by atoms with Crippen molar-refractivity contribution in [3.8, 4) is 0 Å². The van der Waals surface area contributed by atoms with Crippen molar-refractivity contribution in [3.63, 3.8) is 0 Å². The second-order valence-electron chi connectivity index (χ2n) is 7.00. The van der Waals surface area contributed by atoms with E-state index in [4.69, 9.17) is 4.99 Å². The highest BCUT2D eigenvalue weighted by Crippen LogP contribution is 2.31. The van der Waals surface area contributed by atoms with Crippen molar-refractivity contribution in [2.24, 2.45) is 10.9 Å². The van der Waals surface area contributed by atoms with Gasteiger partial charge in [0.05, 0.1) is 17.4 Å². The number of anilines is 1. The number of aliphatic imine (C=N–C) groups is 1. The van der Waals surface area contributed by atoms with Gasteiger partial charge in [-0.3, -0.25) is 19.9 Å². The summed E-state index contributed by atoms with van der Waals surface area (Å²) < 4.78 is 0. The van der Waals surface area contributed by atoms with E-state index in [1.54, 1.807) is 4.90 Å². The molecule has 0 spiro atoms. The predicted molar refractivity (Wildman–Crippen MR) is 115 cm³/mol. The minimum Gasteiger partial charge on any atom is -0.351 e. The van der Waals surface area contributed by atoms with Crippen LogP contribution in [0.15, 0.2) is 59.6 Å². The standard InChI is InChI=1S/C21H23N5O2S/c1-14-7-5-6-10-17(14)26-20(28)16-12-23-25-19(16)24-21(26)29-13-18(27)22-11-15-8-3-2-4-9-15/h2-10,16,19,23,25H,11-13H2,1H3,(H,22,27). The summed E-state index contributed by atoms with van der Waals surface area (Å²) in [4.78, 5) is 31.9. The van der Waals surface area contributed by atoms with Crippen molar-refractivity contribution in [1.82, 2.24) is 16.2 Å². The van der Waals surface area contributed by atoms with Gasteiger partial charge in [-0.05, 0) is 24.1 Å². The number of carbonyl (C=O) groups excluding carboxylic acids is 2. The number of carbonyl (C=O) groups is 2. The van der Waals surface area contributed by atoms with Gasteiger partial charge < -0.3 is 5.32 Å². The third-order valence-electron chi connectivity index (χ3n) is 4.95. The number of benzene rings is 2. The lowest BCUT2D eigenvalue weighted by atomic mass is 10.0. The second kappa shape index (κ2) is 8.77. The molecular formula is C21H23N5O2S. The number of hydrogen-bond acceptors (Lipinski definition) is 6. The molecule has 2 atom stereocenters. The van der Waals surface area contributed by atoms with Crippen LogP contribution in [-0.4, -0.2) is 35.4 Å². The van der Waals surface area contributed by atoms with E-state index in [0.29, 0.717) is 18.3 Å². The fraction of sp³-hybridized carbons (Fsp3) is 0.286. The average molecular weight is 410 g/mol. The summed E-state index contributed by atoms with van der Waals surface area (Å²) in [5.74, 6) is -0.181. The number of para-hydroxylation sites is 1. The lowest BCUT2D eigenvalue weighted by Gasteiger charge is -2.33. The molecule has 4 rings (SSSR count). The Kier molecular flexibility index (Phi) is 5.94. The molecule has 0 radical (unpaired) electrons. The minimum atomic E-state index is -0.308. The van der Waals surface area contributed by atoms with Crippen LogP contribution < -0.4 is 21.1 Å². The van der Waals surface area contributed by atoms with Crippen LogP contribution in [-0.2, 0) is 16.1 Å². The Morgan fingerprint density at radius 3 is 2.76 bits per heavy atom. The fourth-order valence-electron chi connectivity index (χ4n) is 3.38. The zero-order chi connectivity index (χ0) is 20.2. The van der Waals surface area contributed by atoms with Crippen molar-refractivity contribution < 1.29 is 9.59 Å². The molecule has 0 saturated carbocycles. The quantitative estimate of drug-likeness (QED) is 0.701. The number of amidine groups is 1. The van der Waals surface area contributed by atoms with Crippen LogP contribution >= 0.6 is 11.8 Å². The van der Waals surface area contributed by atoms with E-state index in [1.165, 1.54) is 11.8 Å². The van der Waals surface area contributed by atoms with Gasteiger partial charge in [0, 0.05) is 13.1 Å². The van der Waals surface area contributed by atoms with Crippen molar-refractivity contribution in [1.29, 1.82) is 0 Å². The number of aryl methyl sites for hydroxylation is 1. The maximum absolute atomic E-state index is 13.2. The van der Waals surface area contributed by atoms with E-state index in [-0.39, 0.29) is 29.7 Å². The van der Waals surface area contributed by atoms with Crippen LogP contribution in [0.1, 0.15) is 11.1 Å². The van der Waals surface area contributed by atoms with Crippen LogP contribution in [0.25, 0.3) is 0 Å². The lowest BCUT2D eigenvalue weighted by molar-refractivity contribution is -0.121. The van der Waals surface area contributed by atoms with E-state index in [0.717, 1.165) is 16.8 Å². The molecule has 1 saturated heterocycles. The van der Waals surface area contributed by atoms with Gasteiger partial charge in [0.1, 0.15) is 6.17 Å². The second-order valence-corrected chi connectivity index (χ2v) is 7.94. The molecule has 3 N–H and O–H groups in total. The molecule has 2 amide bonds. The molecule has 2 aromatic carbocycles. The van der Waals surface area contributed by atoms with Gasteiger partial charge in [0.25, 0.3) is 0 Å². The third kappa shape index (κ3) is 4.34. The number of thioether (sulfide) groups is 1. The molecule has 0 aromatic heterocycles. The number of rotatable bonds is 5. The Morgan fingerprint density at radius 1 is 1.21 bits per heavy atom. The van der Waals surface area contributed by atoms with Crippen molar-refractivity contribution >= 4 is 34.4 Å². The first-order chi connectivity index (χ1) is 14.1. The van der Waals surface area contributed by atoms with E-state index in [9.17, 15) is 9.59 Å². The Morgan fingerprint density at radius 2 is 1.97 bits per heavy atom. The summed E-state index contributed by atoms with van der Waals surface area (Å²) in [5.41, 5.74) is 8.89. The lowest BCUT2D eigenvalue weighted by Crippen LogP contribution is -2.50. The third-order valence-corrected chi connectivity index (χ3v) is 5.91. The molecule has 8 heteroatoms. The van der Waals surface area contributed by atoms with E-state index in [1.807, 2.05) is 61.5 Å². The van der Waals surface area contributed by atoms with Crippen LogP contribution in [0, 0.1) is 12.8 Å². The summed E-state index contributed by atoms with van der Waals surface area (Å²) in [6.45, 7) is 2.98.